The van der Waals surface area contributed by atoms with Crippen molar-refractivity contribution in [2.24, 2.45) is 0 Å². The summed E-state index contributed by atoms with van der Waals surface area (Å²) in [4.78, 5) is 2.45. The second kappa shape index (κ2) is 7.32. The van der Waals surface area contributed by atoms with Crippen LogP contribution < -0.4 is 9.47 Å². The molecule has 2 nitrogen and oxygen atoms in total. The molecule has 2 atom stereocenters. The van der Waals surface area contributed by atoms with Crippen LogP contribution in [0.15, 0.2) is 58.3 Å². The molecule has 0 spiro atoms. The Morgan fingerprint density at radius 1 is 0.739 bits per heavy atom. The molecule has 0 aliphatic carbocycles. The molecule has 23 heavy (non-hydrogen) atoms. The summed E-state index contributed by atoms with van der Waals surface area (Å²) in [5.74, 6) is 4.41. The standard InChI is InChI=1S/C18H18O2S3/c1-5-15(6-2-13(1)19-9-17-11-21-17)23-16-7-3-14(4-8-16)20-10-18-12-22-18/h1-8,17-18H,9-12H2. The van der Waals surface area contributed by atoms with E-state index in [1.165, 1.54) is 21.3 Å². The molecule has 2 aliphatic heterocycles. The minimum Gasteiger partial charge on any atom is -0.492 e. The molecular formula is C18H18O2S3. The van der Waals surface area contributed by atoms with Gasteiger partial charge in [0, 0.05) is 31.8 Å². The molecule has 2 aromatic rings. The van der Waals surface area contributed by atoms with Gasteiger partial charge in [-0.05, 0) is 48.5 Å². The van der Waals surface area contributed by atoms with Crippen molar-refractivity contribution in [3.63, 3.8) is 0 Å². The number of benzene rings is 2. The van der Waals surface area contributed by atoms with Crippen LogP contribution >= 0.6 is 35.3 Å². The molecule has 0 amide bonds. The average Bonchev–Trinajstić information content (AvgIpc) is 3.48. The van der Waals surface area contributed by atoms with Gasteiger partial charge in [-0.3, -0.25) is 0 Å². The monoisotopic (exact) mass is 362 g/mol. The molecule has 0 aromatic heterocycles. The van der Waals surface area contributed by atoms with Gasteiger partial charge in [0.05, 0.1) is 0 Å². The van der Waals surface area contributed by atoms with Crippen molar-refractivity contribution in [2.75, 3.05) is 24.7 Å². The molecule has 5 heteroatoms. The van der Waals surface area contributed by atoms with Crippen molar-refractivity contribution in [1.82, 2.24) is 0 Å². The highest BCUT2D eigenvalue weighted by Crippen LogP contribution is 2.33. The predicted octanol–water partition coefficient (Wildman–Crippen LogP) is 4.83. The molecule has 2 saturated heterocycles. The third-order valence-electron chi connectivity index (χ3n) is 3.56. The number of ether oxygens (including phenoxy) is 2. The van der Waals surface area contributed by atoms with Crippen molar-refractivity contribution in [3.05, 3.63) is 48.5 Å². The lowest BCUT2D eigenvalue weighted by Gasteiger charge is -2.07. The number of hydrogen-bond acceptors (Lipinski definition) is 5. The van der Waals surface area contributed by atoms with E-state index in [1.54, 1.807) is 11.8 Å². The highest BCUT2D eigenvalue weighted by molar-refractivity contribution is 8.07. The Kier molecular flexibility index (Phi) is 4.97. The van der Waals surface area contributed by atoms with Crippen LogP contribution in [0.3, 0.4) is 0 Å². The number of rotatable bonds is 8. The predicted molar refractivity (Wildman–Crippen MR) is 100 cm³/mol. The molecular weight excluding hydrogens is 344 g/mol. The quantitative estimate of drug-likeness (QED) is 0.625. The zero-order chi connectivity index (χ0) is 15.5. The van der Waals surface area contributed by atoms with Crippen LogP contribution in [0.25, 0.3) is 0 Å². The van der Waals surface area contributed by atoms with E-state index in [0.29, 0.717) is 10.5 Å². The maximum Gasteiger partial charge on any atom is 0.119 e. The SMILES string of the molecule is c1cc(Sc2ccc(OCC3CS3)cc2)ccc1OCC1CS1. The zero-order valence-electron chi connectivity index (χ0n) is 12.6. The van der Waals surface area contributed by atoms with Crippen LogP contribution in [-0.2, 0) is 0 Å². The summed E-state index contributed by atoms with van der Waals surface area (Å²) in [5, 5.41) is 1.42. The van der Waals surface area contributed by atoms with E-state index in [4.69, 9.17) is 9.47 Å². The highest BCUT2D eigenvalue weighted by Gasteiger charge is 2.23. The van der Waals surface area contributed by atoms with Gasteiger partial charge in [0.2, 0.25) is 0 Å². The second-order valence-corrected chi connectivity index (χ2v) is 9.39. The Balaban J connectivity index is 1.29. The zero-order valence-corrected chi connectivity index (χ0v) is 15.1. The first-order chi connectivity index (χ1) is 11.3. The maximum absolute atomic E-state index is 5.75. The summed E-state index contributed by atoms with van der Waals surface area (Å²) in [7, 11) is 0. The van der Waals surface area contributed by atoms with Crippen LogP contribution in [0.4, 0.5) is 0 Å². The summed E-state index contributed by atoms with van der Waals surface area (Å²) in [6.07, 6.45) is 0. The normalized spacial score (nSPS) is 21.7. The average molecular weight is 363 g/mol. The van der Waals surface area contributed by atoms with E-state index in [-0.39, 0.29) is 0 Å². The topological polar surface area (TPSA) is 18.5 Å². The fourth-order valence-electron chi connectivity index (χ4n) is 2.05. The van der Waals surface area contributed by atoms with Gasteiger partial charge in [0.1, 0.15) is 24.7 Å². The summed E-state index contributed by atoms with van der Waals surface area (Å²) < 4.78 is 11.5. The van der Waals surface area contributed by atoms with Gasteiger partial charge in [0.15, 0.2) is 0 Å². The van der Waals surface area contributed by atoms with Gasteiger partial charge in [-0.2, -0.15) is 23.5 Å². The van der Waals surface area contributed by atoms with Crippen molar-refractivity contribution in [2.45, 2.75) is 20.3 Å². The largest absolute Gasteiger partial charge is 0.492 e. The lowest BCUT2D eigenvalue weighted by molar-refractivity contribution is 0.329. The first kappa shape index (κ1) is 15.6. The lowest BCUT2D eigenvalue weighted by atomic mass is 10.3. The Bertz CT molecular complexity index is 577. The van der Waals surface area contributed by atoms with Gasteiger partial charge in [-0.1, -0.05) is 11.8 Å². The van der Waals surface area contributed by atoms with Crippen LogP contribution in [0, 0.1) is 0 Å². The minimum atomic E-state index is 0.711. The van der Waals surface area contributed by atoms with Crippen molar-refractivity contribution in [1.29, 1.82) is 0 Å². The molecule has 2 unspecified atom stereocenters. The number of thioether (sulfide) groups is 2. The van der Waals surface area contributed by atoms with Crippen molar-refractivity contribution >= 4 is 35.3 Å². The van der Waals surface area contributed by atoms with Gasteiger partial charge in [0.25, 0.3) is 0 Å². The number of hydrogen-bond donors (Lipinski definition) is 0. The van der Waals surface area contributed by atoms with E-state index >= 15 is 0 Å². The third kappa shape index (κ3) is 5.03. The lowest BCUT2D eigenvalue weighted by Crippen LogP contribution is -2.02. The Morgan fingerprint density at radius 3 is 1.48 bits per heavy atom. The minimum absolute atomic E-state index is 0.711. The van der Waals surface area contributed by atoms with Crippen LogP contribution in [-0.4, -0.2) is 35.2 Å². The summed E-state index contributed by atoms with van der Waals surface area (Å²) in [6.45, 7) is 1.66. The summed E-state index contributed by atoms with van der Waals surface area (Å²) in [6, 6.07) is 16.7. The maximum atomic E-state index is 5.75. The van der Waals surface area contributed by atoms with Crippen molar-refractivity contribution < 1.29 is 9.47 Å². The van der Waals surface area contributed by atoms with E-state index < -0.39 is 0 Å². The molecule has 0 N–H and O–H groups in total. The highest BCUT2D eigenvalue weighted by atomic mass is 32.2. The van der Waals surface area contributed by atoms with E-state index in [0.717, 1.165) is 24.7 Å². The molecule has 2 aromatic carbocycles. The first-order valence-corrected chi connectivity index (χ1v) is 10.6. The second-order valence-electron chi connectivity index (χ2n) is 5.58. The van der Waals surface area contributed by atoms with E-state index in [1.807, 2.05) is 23.5 Å². The van der Waals surface area contributed by atoms with Crippen LogP contribution in [0.2, 0.25) is 0 Å². The molecule has 0 bridgehead atoms. The Hall–Kier alpha value is -0.910. The van der Waals surface area contributed by atoms with Crippen molar-refractivity contribution in [3.8, 4) is 11.5 Å². The molecule has 120 valence electrons. The Morgan fingerprint density at radius 2 is 1.13 bits per heavy atom. The fraction of sp³-hybridized carbons (Fsp3) is 0.333. The molecule has 0 saturated carbocycles. The molecule has 2 fully saturated rings. The van der Waals surface area contributed by atoms with Crippen LogP contribution in [0.5, 0.6) is 11.5 Å². The fourth-order valence-corrected chi connectivity index (χ4v) is 3.66. The van der Waals surface area contributed by atoms with E-state index in [9.17, 15) is 0 Å². The molecule has 2 aliphatic rings. The van der Waals surface area contributed by atoms with Gasteiger partial charge < -0.3 is 9.47 Å². The first-order valence-electron chi connectivity index (χ1n) is 7.72. The molecule has 2 heterocycles. The summed E-state index contributed by atoms with van der Waals surface area (Å²) >= 11 is 5.68. The third-order valence-corrected chi connectivity index (χ3v) is 6.46. The van der Waals surface area contributed by atoms with E-state index in [2.05, 4.69) is 48.5 Å². The van der Waals surface area contributed by atoms with Gasteiger partial charge in [-0.15, -0.1) is 0 Å². The van der Waals surface area contributed by atoms with Gasteiger partial charge >= 0.3 is 0 Å². The van der Waals surface area contributed by atoms with Gasteiger partial charge in [-0.25, -0.2) is 0 Å². The van der Waals surface area contributed by atoms with Crippen LogP contribution in [0.1, 0.15) is 0 Å². The molecule has 0 radical (unpaired) electrons. The smallest absolute Gasteiger partial charge is 0.119 e. The molecule has 4 rings (SSSR count). The summed E-state index contributed by atoms with van der Waals surface area (Å²) in [5.41, 5.74) is 0. The Labute approximate surface area is 149 Å².